The summed E-state index contributed by atoms with van der Waals surface area (Å²) in [5, 5.41) is 0.0934. The molecule has 1 aromatic heterocycles. The average Bonchev–Trinajstić information content (AvgIpc) is 2.87. The van der Waals surface area contributed by atoms with Crippen LogP contribution in [0.25, 0.3) is 0 Å². The predicted octanol–water partition coefficient (Wildman–Crippen LogP) is -0.113. The van der Waals surface area contributed by atoms with Crippen LogP contribution in [0, 0.1) is 5.92 Å². The Morgan fingerprint density at radius 1 is 1.55 bits per heavy atom. The first kappa shape index (κ1) is 15.4. The number of aromatic nitrogens is 2. The molecular weight excluding hydrogens is 280 g/mol. The smallest absolute Gasteiger partial charge is 0.262 e. The highest BCUT2D eigenvalue weighted by Gasteiger charge is 2.31. The molecule has 0 aromatic carbocycles. The molecule has 114 valence electrons. The van der Waals surface area contributed by atoms with E-state index in [2.05, 4.69) is 18.8 Å². The van der Waals surface area contributed by atoms with Crippen molar-refractivity contribution in [2.24, 2.45) is 11.7 Å². The van der Waals surface area contributed by atoms with Crippen LogP contribution in [0.15, 0.2) is 17.6 Å². The molecule has 1 aliphatic rings. The average molecular weight is 302 g/mol. The van der Waals surface area contributed by atoms with Crippen molar-refractivity contribution in [1.82, 2.24) is 13.9 Å². The Kier molecular flexibility index (Phi) is 4.79. The van der Waals surface area contributed by atoms with Gasteiger partial charge in [-0.15, -0.1) is 0 Å². The molecule has 2 rings (SSSR count). The van der Waals surface area contributed by atoms with E-state index in [1.807, 2.05) is 0 Å². The third-order valence-corrected chi connectivity index (χ3v) is 4.91. The van der Waals surface area contributed by atoms with E-state index in [0.717, 1.165) is 6.54 Å². The lowest BCUT2D eigenvalue weighted by Gasteiger charge is -2.30. The Labute approximate surface area is 119 Å². The minimum absolute atomic E-state index is 0.0934. The van der Waals surface area contributed by atoms with Crippen LogP contribution in [0.4, 0.5) is 0 Å². The number of nitrogens with two attached hydrogens (primary N) is 1. The predicted molar refractivity (Wildman–Crippen MR) is 74.6 cm³/mol. The minimum atomic E-state index is -3.55. The van der Waals surface area contributed by atoms with Gasteiger partial charge in [0, 0.05) is 32.4 Å². The molecule has 20 heavy (non-hydrogen) atoms. The van der Waals surface area contributed by atoms with Crippen LogP contribution in [0.1, 0.15) is 13.8 Å². The summed E-state index contributed by atoms with van der Waals surface area (Å²) in [4.78, 5) is 4.03. The summed E-state index contributed by atoms with van der Waals surface area (Å²) in [5.74, 6) is 0.435. The highest BCUT2D eigenvalue weighted by Crippen LogP contribution is 2.17. The number of rotatable bonds is 5. The minimum Gasteiger partial charge on any atom is -0.374 e. The molecule has 8 heteroatoms. The SMILES string of the molecule is CC(C)Cn1cnc(S(=O)(=O)N2CCOC(CN)C2)c1. The Hall–Kier alpha value is -0.960. The zero-order chi connectivity index (χ0) is 14.8. The van der Waals surface area contributed by atoms with Crippen molar-refractivity contribution in [3.8, 4) is 0 Å². The van der Waals surface area contributed by atoms with Gasteiger partial charge in [-0.1, -0.05) is 13.8 Å². The second-order valence-electron chi connectivity index (χ2n) is 5.39. The van der Waals surface area contributed by atoms with Gasteiger partial charge < -0.3 is 15.0 Å². The summed E-state index contributed by atoms with van der Waals surface area (Å²) in [5.41, 5.74) is 5.54. The van der Waals surface area contributed by atoms with Crippen LogP contribution in [-0.4, -0.2) is 54.6 Å². The molecule has 2 heterocycles. The standard InChI is InChI=1S/C12H22N4O3S/c1-10(2)6-15-8-12(14-9-15)20(17,18)16-3-4-19-11(5-13)7-16/h8-11H,3-7,13H2,1-2H3. The largest absolute Gasteiger partial charge is 0.374 e. The molecule has 0 spiro atoms. The normalized spacial score (nSPS) is 21.5. The first-order valence-electron chi connectivity index (χ1n) is 6.77. The van der Waals surface area contributed by atoms with E-state index < -0.39 is 10.0 Å². The van der Waals surface area contributed by atoms with E-state index in [-0.39, 0.29) is 17.7 Å². The maximum Gasteiger partial charge on any atom is 0.262 e. The Bertz CT molecular complexity index is 541. The van der Waals surface area contributed by atoms with Crippen molar-refractivity contribution in [3.05, 3.63) is 12.5 Å². The summed E-state index contributed by atoms with van der Waals surface area (Å²) >= 11 is 0. The van der Waals surface area contributed by atoms with Crippen LogP contribution in [-0.2, 0) is 21.3 Å². The van der Waals surface area contributed by atoms with E-state index in [1.54, 1.807) is 17.1 Å². The Balaban J connectivity index is 2.15. The van der Waals surface area contributed by atoms with Gasteiger partial charge in [0.15, 0.2) is 5.03 Å². The molecule has 1 aromatic rings. The highest BCUT2D eigenvalue weighted by atomic mass is 32.2. The fourth-order valence-corrected chi connectivity index (χ4v) is 3.57. The van der Waals surface area contributed by atoms with Gasteiger partial charge in [0.2, 0.25) is 0 Å². The molecule has 1 saturated heterocycles. The van der Waals surface area contributed by atoms with E-state index >= 15 is 0 Å². The van der Waals surface area contributed by atoms with Crippen molar-refractivity contribution < 1.29 is 13.2 Å². The van der Waals surface area contributed by atoms with E-state index in [1.165, 1.54) is 4.31 Å². The summed E-state index contributed by atoms with van der Waals surface area (Å²) in [7, 11) is -3.55. The number of hydrogen-bond donors (Lipinski definition) is 1. The second-order valence-corrected chi connectivity index (χ2v) is 7.28. The fourth-order valence-electron chi connectivity index (χ4n) is 2.18. The van der Waals surface area contributed by atoms with Crippen LogP contribution in [0.5, 0.6) is 0 Å². The lowest BCUT2D eigenvalue weighted by molar-refractivity contribution is 0.00444. The molecule has 0 bridgehead atoms. The fraction of sp³-hybridized carbons (Fsp3) is 0.750. The maximum absolute atomic E-state index is 12.5. The number of morpholine rings is 1. The molecule has 1 atom stereocenters. The van der Waals surface area contributed by atoms with Gasteiger partial charge in [-0.2, -0.15) is 4.31 Å². The lowest BCUT2D eigenvalue weighted by Crippen LogP contribution is -2.48. The van der Waals surface area contributed by atoms with Gasteiger partial charge >= 0.3 is 0 Å². The van der Waals surface area contributed by atoms with Gasteiger partial charge in [0.25, 0.3) is 10.0 Å². The monoisotopic (exact) mass is 302 g/mol. The number of ether oxygens (including phenoxy) is 1. The van der Waals surface area contributed by atoms with Crippen molar-refractivity contribution >= 4 is 10.0 Å². The van der Waals surface area contributed by atoms with Gasteiger partial charge in [0.1, 0.15) is 0 Å². The molecule has 7 nitrogen and oxygen atoms in total. The first-order valence-corrected chi connectivity index (χ1v) is 8.21. The van der Waals surface area contributed by atoms with Gasteiger partial charge in [0.05, 0.1) is 19.0 Å². The first-order chi connectivity index (χ1) is 9.43. The van der Waals surface area contributed by atoms with Crippen LogP contribution < -0.4 is 5.73 Å². The summed E-state index contributed by atoms with van der Waals surface area (Å²) in [6.45, 7) is 6.20. The third kappa shape index (κ3) is 3.38. The molecule has 0 aliphatic carbocycles. The zero-order valence-corrected chi connectivity index (χ0v) is 12.7. The number of nitrogens with zero attached hydrogens (tertiary/aromatic N) is 3. The molecule has 1 unspecified atom stereocenters. The quantitative estimate of drug-likeness (QED) is 0.819. The van der Waals surface area contributed by atoms with Crippen LogP contribution >= 0.6 is 0 Å². The summed E-state index contributed by atoms with van der Waals surface area (Å²) in [6, 6.07) is 0. The Morgan fingerprint density at radius 3 is 2.95 bits per heavy atom. The van der Waals surface area contributed by atoms with Crippen molar-refractivity contribution in [2.45, 2.75) is 31.5 Å². The molecule has 1 fully saturated rings. The molecule has 0 saturated carbocycles. The van der Waals surface area contributed by atoms with E-state index in [0.29, 0.717) is 25.6 Å². The maximum atomic E-state index is 12.5. The molecule has 2 N–H and O–H groups in total. The summed E-state index contributed by atoms with van der Waals surface area (Å²) in [6.07, 6.45) is 2.91. The van der Waals surface area contributed by atoms with Crippen molar-refractivity contribution in [1.29, 1.82) is 0 Å². The highest BCUT2D eigenvalue weighted by molar-refractivity contribution is 7.89. The van der Waals surface area contributed by atoms with Crippen LogP contribution in [0.3, 0.4) is 0 Å². The Morgan fingerprint density at radius 2 is 2.30 bits per heavy atom. The van der Waals surface area contributed by atoms with E-state index in [4.69, 9.17) is 10.5 Å². The van der Waals surface area contributed by atoms with E-state index in [9.17, 15) is 8.42 Å². The number of hydrogen-bond acceptors (Lipinski definition) is 5. The zero-order valence-electron chi connectivity index (χ0n) is 11.9. The van der Waals surface area contributed by atoms with Gasteiger partial charge in [-0.3, -0.25) is 0 Å². The third-order valence-electron chi connectivity index (χ3n) is 3.15. The van der Waals surface area contributed by atoms with Crippen molar-refractivity contribution in [3.63, 3.8) is 0 Å². The lowest BCUT2D eigenvalue weighted by atomic mass is 10.2. The molecular formula is C12H22N4O3S. The second kappa shape index (κ2) is 6.21. The number of imidazole rings is 1. The van der Waals surface area contributed by atoms with Gasteiger partial charge in [-0.05, 0) is 5.92 Å². The van der Waals surface area contributed by atoms with Crippen molar-refractivity contribution in [2.75, 3.05) is 26.2 Å². The van der Waals surface area contributed by atoms with Gasteiger partial charge in [-0.25, -0.2) is 13.4 Å². The summed E-state index contributed by atoms with van der Waals surface area (Å²) < 4.78 is 33.6. The number of sulfonamides is 1. The molecule has 0 amide bonds. The molecule has 1 aliphatic heterocycles. The van der Waals surface area contributed by atoms with Crippen LogP contribution in [0.2, 0.25) is 0 Å². The molecule has 0 radical (unpaired) electrons. The topological polar surface area (TPSA) is 90.5 Å².